The largest absolute Gasteiger partial charge is 0.493 e. The van der Waals surface area contributed by atoms with Crippen molar-refractivity contribution >= 4 is 17.2 Å². The average Bonchev–Trinajstić information content (AvgIpc) is 3.30. The van der Waals surface area contributed by atoms with Crippen molar-refractivity contribution in [2.75, 3.05) is 32.8 Å². The van der Waals surface area contributed by atoms with Crippen LogP contribution in [0.4, 0.5) is 0 Å². The number of amides is 1. The lowest BCUT2D eigenvalue weighted by Crippen LogP contribution is -2.38. The number of carbonyl (C=O) groups excluding carboxylic acids is 1. The van der Waals surface area contributed by atoms with Crippen LogP contribution in [-0.4, -0.2) is 59.5 Å². The van der Waals surface area contributed by atoms with Crippen molar-refractivity contribution in [2.45, 2.75) is 40.2 Å². The first-order chi connectivity index (χ1) is 13.1. The number of aryl methyl sites for hydroxylation is 1. The van der Waals surface area contributed by atoms with Gasteiger partial charge in [-0.3, -0.25) is 9.69 Å². The quantitative estimate of drug-likeness (QED) is 0.718. The van der Waals surface area contributed by atoms with Crippen LogP contribution >= 0.6 is 11.3 Å². The van der Waals surface area contributed by atoms with E-state index in [4.69, 9.17) is 4.74 Å². The molecule has 0 bridgehead atoms. The van der Waals surface area contributed by atoms with Gasteiger partial charge in [0, 0.05) is 19.1 Å². The third-order valence-corrected chi connectivity index (χ3v) is 6.37. The van der Waals surface area contributed by atoms with Gasteiger partial charge in [-0.25, -0.2) is 4.98 Å². The van der Waals surface area contributed by atoms with E-state index in [-0.39, 0.29) is 5.91 Å². The lowest BCUT2D eigenvalue weighted by molar-refractivity contribution is 0.0782. The highest BCUT2D eigenvalue weighted by Gasteiger charge is 2.31. The highest BCUT2D eigenvalue weighted by molar-refractivity contribution is 7.17. The van der Waals surface area contributed by atoms with Gasteiger partial charge < -0.3 is 9.64 Å². The number of para-hydroxylation sites is 1. The van der Waals surface area contributed by atoms with E-state index in [1.165, 1.54) is 11.3 Å². The molecule has 1 aromatic carbocycles. The smallest absolute Gasteiger partial charge is 0.265 e. The Bertz CT molecular complexity index is 785. The number of thiazole rings is 1. The maximum Gasteiger partial charge on any atom is 0.265 e. The Morgan fingerprint density at radius 3 is 2.74 bits per heavy atom. The van der Waals surface area contributed by atoms with Crippen molar-refractivity contribution in [3.63, 3.8) is 0 Å². The van der Waals surface area contributed by atoms with E-state index in [9.17, 15) is 4.79 Å². The van der Waals surface area contributed by atoms with Gasteiger partial charge in [0.25, 0.3) is 5.91 Å². The van der Waals surface area contributed by atoms with Gasteiger partial charge in [-0.1, -0.05) is 26.0 Å². The fourth-order valence-corrected chi connectivity index (χ4v) is 4.81. The summed E-state index contributed by atoms with van der Waals surface area (Å²) in [6, 6.07) is 8.36. The molecular weight excluding hydrogens is 358 g/mol. The molecule has 5 nitrogen and oxygen atoms in total. The maximum atomic E-state index is 13.1. The second-order valence-electron chi connectivity index (χ2n) is 6.78. The van der Waals surface area contributed by atoms with Crippen LogP contribution in [0.1, 0.15) is 42.6 Å². The second kappa shape index (κ2) is 8.85. The van der Waals surface area contributed by atoms with Crippen LogP contribution in [0.3, 0.4) is 0 Å². The molecule has 1 amide bonds. The number of likely N-dealkylation sites (N-methyl/N-ethyl adjacent to an activating group) is 1. The number of hydrogen-bond donors (Lipinski definition) is 0. The summed E-state index contributed by atoms with van der Waals surface area (Å²) < 4.78 is 5.73. The lowest BCUT2D eigenvalue weighted by Gasteiger charge is -2.26. The van der Waals surface area contributed by atoms with E-state index in [0.29, 0.717) is 12.6 Å². The number of aromatic nitrogens is 1. The van der Waals surface area contributed by atoms with E-state index >= 15 is 0 Å². The number of hydrogen-bond acceptors (Lipinski definition) is 5. The Labute approximate surface area is 166 Å². The van der Waals surface area contributed by atoms with Crippen molar-refractivity contribution in [3.05, 3.63) is 34.8 Å². The Balaban J connectivity index is 1.80. The fraction of sp³-hybridized carbons (Fsp3) is 0.524. The molecule has 0 spiro atoms. The molecule has 0 N–H and O–H groups in total. The molecule has 1 fully saturated rings. The first kappa shape index (κ1) is 19.8. The molecule has 1 unspecified atom stereocenters. The van der Waals surface area contributed by atoms with Crippen LogP contribution in [0.15, 0.2) is 24.3 Å². The summed E-state index contributed by atoms with van der Waals surface area (Å²) in [6.45, 7) is 12.6. The van der Waals surface area contributed by atoms with Gasteiger partial charge in [-0.05, 0) is 45.5 Å². The maximum absolute atomic E-state index is 13.1. The molecule has 3 rings (SSSR count). The first-order valence-electron chi connectivity index (χ1n) is 9.81. The van der Waals surface area contributed by atoms with Gasteiger partial charge in [-0.15, -0.1) is 11.3 Å². The molecule has 27 heavy (non-hydrogen) atoms. The zero-order valence-corrected chi connectivity index (χ0v) is 17.5. The van der Waals surface area contributed by atoms with Crippen LogP contribution in [-0.2, 0) is 0 Å². The van der Waals surface area contributed by atoms with Crippen molar-refractivity contribution in [3.8, 4) is 16.3 Å². The van der Waals surface area contributed by atoms with Crippen molar-refractivity contribution in [2.24, 2.45) is 0 Å². The minimum Gasteiger partial charge on any atom is -0.493 e. The molecule has 6 heteroatoms. The van der Waals surface area contributed by atoms with Crippen LogP contribution < -0.4 is 4.74 Å². The second-order valence-corrected chi connectivity index (χ2v) is 7.78. The molecular formula is C21H29N3O2S. The Kier molecular flexibility index (Phi) is 6.50. The predicted molar refractivity (Wildman–Crippen MR) is 111 cm³/mol. The Hall–Kier alpha value is -1.92. The van der Waals surface area contributed by atoms with Crippen molar-refractivity contribution in [1.29, 1.82) is 0 Å². The number of benzene rings is 1. The number of ether oxygens (including phenoxy) is 1. The monoisotopic (exact) mass is 387 g/mol. The normalized spacial score (nSPS) is 16.9. The number of carbonyl (C=O) groups is 1. The van der Waals surface area contributed by atoms with Gasteiger partial charge in [0.1, 0.15) is 15.6 Å². The highest BCUT2D eigenvalue weighted by Crippen LogP contribution is 2.35. The van der Waals surface area contributed by atoms with Gasteiger partial charge in [0.15, 0.2) is 0 Å². The molecule has 0 radical (unpaired) electrons. The third-order valence-electron chi connectivity index (χ3n) is 5.19. The molecule has 0 saturated carbocycles. The zero-order chi connectivity index (χ0) is 19.4. The summed E-state index contributed by atoms with van der Waals surface area (Å²) in [5.74, 6) is 0.926. The number of nitrogens with zero attached hydrogens (tertiary/aromatic N) is 3. The van der Waals surface area contributed by atoms with Crippen LogP contribution in [0.5, 0.6) is 5.75 Å². The van der Waals surface area contributed by atoms with Gasteiger partial charge in [-0.2, -0.15) is 0 Å². The molecule has 2 heterocycles. The van der Waals surface area contributed by atoms with Gasteiger partial charge in [0.2, 0.25) is 0 Å². The molecule has 1 atom stereocenters. The molecule has 1 aromatic heterocycles. The summed E-state index contributed by atoms with van der Waals surface area (Å²) in [5.41, 5.74) is 1.76. The van der Waals surface area contributed by atoms with Crippen LogP contribution in [0.2, 0.25) is 0 Å². The molecule has 0 aliphatic carbocycles. The molecule has 2 aromatic rings. The standard InChI is InChI=1S/C21H29N3O2S/c1-5-23(6-2)16-12-13-24(14-16)21(25)19-15(4)22-20(27-19)17-10-8-9-11-18(17)26-7-3/h8-11,16H,5-7,12-14H2,1-4H3. The molecule has 1 saturated heterocycles. The SMILES string of the molecule is CCOc1ccccc1-c1nc(C)c(C(=O)N2CCC(N(CC)CC)C2)s1. The zero-order valence-electron chi connectivity index (χ0n) is 16.7. The molecule has 146 valence electrons. The Morgan fingerprint density at radius 1 is 1.30 bits per heavy atom. The van der Waals surface area contributed by atoms with Crippen LogP contribution in [0.25, 0.3) is 10.6 Å². The first-order valence-corrected chi connectivity index (χ1v) is 10.6. The van der Waals surface area contributed by atoms with Crippen molar-refractivity contribution < 1.29 is 9.53 Å². The summed E-state index contributed by atoms with van der Waals surface area (Å²) in [6.07, 6.45) is 1.05. The van der Waals surface area contributed by atoms with E-state index < -0.39 is 0 Å². The fourth-order valence-electron chi connectivity index (χ4n) is 3.74. The topological polar surface area (TPSA) is 45.7 Å². The minimum absolute atomic E-state index is 0.111. The number of rotatable bonds is 7. The van der Waals surface area contributed by atoms with Crippen LogP contribution in [0, 0.1) is 6.92 Å². The van der Waals surface area contributed by atoms with E-state index in [2.05, 4.69) is 23.7 Å². The summed E-state index contributed by atoms with van der Waals surface area (Å²) in [7, 11) is 0. The Morgan fingerprint density at radius 2 is 2.04 bits per heavy atom. The lowest BCUT2D eigenvalue weighted by atomic mass is 10.2. The van der Waals surface area contributed by atoms with Gasteiger partial charge >= 0.3 is 0 Å². The van der Waals surface area contributed by atoms with Crippen molar-refractivity contribution in [1.82, 2.24) is 14.8 Å². The summed E-state index contributed by atoms with van der Waals surface area (Å²) in [4.78, 5) is 23.0. The molecule has 1 aliphatic rings. The molecule has 1 aliphatic heterocycles. The highest BCUT2D eigenvalue weighted by atomic mass is 32.1. The minimum atomic E-state index is 0.111. The predicted octanol–water partition coefficient (Wildman–Crippen LogP) is 4.07. The third kappa shape index (κ3) is 4.17. The van der Waals surface area contributed by atoms with E-state index in [1.807, 2.05) is 43.0 Å². The van der Waals surface area contributed by atoms with Gasteiger partial charge in [0.05, 0.1) is 17.9 Å². The number of likely N-dealkylation sites (tertiary alicyclic amines) is 1. The summed E-state index contributed by atoms with van der Waals surface area (Å²) in [5, 5.41) is 0.847. The summed E-state index contributed by atoms with van der Waals surface area (Å²) >= 11 is 1.47. The van der Waals surface area contributed by atoms with E-state index in [0.717, 1.165) is 59.5 Å². The average molecular weight is 388 g/mol. The van der Waals surface area contributed by atoms with E-state index in [1.54, 1.807) is 0 Å².